The normalized spacial score (nSPS) is 10.4. The molecule has 2 heterocycles. The summed E-state index contributed by atoms with van der Waals surface area (Å²) >= 11 is 7.59. The van der Waals surface area contributed by atoms with E-state index >= 15 is 0 Å². The molecule has 19 heavy (non-hydrogen) atoms. The Balaban J connectivity index is 2.14. The van der Waals surface area contributed by atoms with E-state index in [9.17, 15) is 4.79 Å². The van der Waals surface area contributed by atoms with Gasteiger partial charge in [0, 0.05) is 42.8 Å². The zero-order valence-electron chi connectivity index (χ0n) is 10.5. The Morgan fingerprint density at radius 2 is 2.37 bits per heavy atom. The molecule has 0 unspecified atom stereocenters. The van der Waals surface area contributed by atoms with Crippen LogP contribution in [0.4, 0.5) is 0 Å². The number of nitrogens with zero attached hydrogens (tertiary/aromatic N) is 3. The summed E-state index contributed by atoms with van der Waals surface area (Å²) in [5.74, 6) is -0.119. The molecule has 2 rings (SSSR count). The number of aryl methyl sites for hydroxylation is 1. The van der Waals surface area contributed by atoms with Crippen molar-refractivity contribution in [2.75, 3.05) is 0 Å². The molecule has 0 aromatic carbocycles. The molecule has 2 aromatic rings. The molecule has 1 amide bonds. The van der Waals surface area contributed by atoms with Gasteiger partial charge in [0.05, 0.1) is 11.2 Å². The van der Waals surface area contributed by atoms with Gasteiger partial charge < -0.3 is 4.90 Å². The van der Waals surface area contributed by atoms with Crippen molar-refractivity contribution in [3.8, 4) is 0 Å². The van der Waals surface area contributed by atoms with E-state index in [1.807, 2.05) is 24.0 Å². The highest BCUT2D eigenvalue weighted by Gasteiger charge is 2.14. The van der Waals surface area contributed by atoms with E-state index in [-0.39, 0.29) is 5.91 Å². The monoisotopic (exact) mass is 295 g/mol. The van der Waals surface area contributed by atoms with E-state index in [0.717, 1.165) is 11.1 Å². The van der Waals surface area contributed by atoms with Crippen LogP contribution < -0.4 is 0 Å². The number of carbonyl (C=O) groups is 1. The molecule has 0 radical (unpaired) electrons. The number of halogens is 1. The lowest BCUT2D eigenvalue weighted by molar-refractivity contribution is -0.127. The van der Waals surface area contributed by atoms with Gasteiger partial charge in [-0.15, -0.1) is 0 Å². The van der Waals surface area contributed by atoms with Gasteiger partial charge in [-0.2, -0.15) is 16.4 Å². The third-order valence-corrected chi connectivity index (χ3v) is 3.94. The number of rotatable bonds is 5. The highest BCUT2D eigenvalue weighted by Crippen LogP contribution is 2.23. The van der Waals surface area contributed by atoms with Crippen LogP contribution in [0.2, 0.25) is 5.02 Å². The Morgan fingerprint density at radius 3 is 2.89 bits per heavy atom. The van der Waals surface area contributed by atoms with E-state index in [1.165, 1.54) is 17.4 Å². The molecular formula is C13H14ClN3OS. The summed E-state index contributed by atoms with van der Waals surface area (Å²) in [6.07, 6.45) is 4.95. The van der Waals surface area contributed by atoms with Gasteiger partial charge in [-0.05, 0) is 11.5 Å². The van der Waals surface area contributed by atoms with Crippen molar-refractivity contribution >= 4 is 28.8 Å². The summed E-state index contributed by atoms with van der Waals surface area (Å²) in [6.45, 7) is 4.50. The van der Waals surface area contributed by atoms with E-state index in [4.69, 9.17) is 11.6 Å². The first-order chi connectivity index (χ1) is 9.10. The zero-order valence-corrected chi connectivity index (χ0v) is 12.1. The van der Waals surface area contributed by atoms with Crippen LogP contribution in [0.3, 0.4) is 0 Å². The molecule has 0 N–H and O–H groups in total. The fourth-order valence-electron chi connectivity index (χ4n) is 1.74. The summed E-state index contributed by atoms with van der Waals surface area (Å²) in [5, 5.41) is 8.60. The minimum Gasteiger partial charge on any atom is -0.330 e. The minimum atomic E-state index is -0.119. The van der Waals surface area contributed by atoms with Crippen molar-refractivity contribution in [3.05, 3.63) is 52.0 Å². The van der Waals surface area contributed by atoms with Gasteiger partial charge in [0.1, 0.15) is 0 Å². The molecule has 0 aliphatic rings. The van der Waals surface area contributed by atoms with Crippen LogP contribution in [0.5, 0.6) is 0 Å². The van der Waals surface area contributed by atoms with Gasteiger partial charge in [-0.1, -0.05) is 18.2 Å². The molecule has 0 spiro atoms. The van der Waals surface area contributed by atoms with Crippen LogP contribution in [0.25, 0.3) is 0 Å². The van der Waals surface area contributed by atoms with Crippen molar-refractivity contribution in [2.45, 2.75) is 13.1 Å². The SMILES string of the molecule is C=CC(=O)N(Cc1cnn(C)c1)Cc1cscc1Cl. The second kappa shape index (κ2) is 6.04. The van der Waals surface area contributed by atoms with Gasteiger partial charge in [-0.25, -0.2) is 0 Å². The van der Waals surface area contributed by atoms with E-state index < -0.39 is 0 Å². The predicted octanol–water partition coefficient (Wildman–Crippen LogP) is 2.85. The fourth-order valence-corrected chi connectivity index (χ4v) is 2.78. The average Bonchev–Trinajstić information content (AvgIpc) is 2.97. The van der Waals surface area contributed by atoms with Crippen LogP contribution in [0.15, 0.2) is 35.8 Å². The van der Waals surface area contributed by atoms with Crippen molar-refractivity contribution in [1.29, 1.82) is 0 Å². The van der Waals surface area contributed by atoms with Crippen molar-refractivity contribution in [3.63, 3.8) is 0 Å². The molecule has 0 aliphatic carbocycles. The molecule has 0 atom stereocenters. The van der Waals surface area contributed by atoms with E-state index in [1.54, 1.807) is 15.8 Å². The lowest BCUT2D eigenvalue weighted by Gasteiger charge is -2.20. The first kappa shape index (κ1) is 13.8. The molecular weight excluding hydrogens is 282 g/mol. The third kappa shape index (κ3) is 3.45. The highest BCUT2D eigenvalue weighted by atomic mass is 35.5. The molecule has 6 heteroatoms. The Labute approximate surface area is 120 Å². The topological polar surface area (TPSA) is 38.1 Å². The zero-order chi connectivity index (χ0) is 13.8. The molecule has 0 fully saturated rings. The molecule has 0 saturated heterocycles. The van der Waals surface area contributed by atoms with Crippen molar-refractivity contribution in [1.82, 2.24) is 14.7 Å². The largest absolute Gasteiger partial charge is 0.330 e. The standard InChI is InChI=1S/C13H14ClN3OS/c1-3-13(18)17(6-10-4-15-16(2)5-10)7-11-8-19-9-12(11)14/h3-5,8-9H,1,6-7H2,2H3. The fraction of sp³-hybridized carbons (Fsp3) is 0.231. The molecule has 0 saturated carbocycles. The molecule has 4 nitrogen and oxygen atoms in total. The lowest BCUT2D eigenvalue weighted by Crippen LogP contribution is -2.28. The predicted molar refractivity (Wildman–Crippen MR) is 77.0 cm³/mol. The number of thiophene rings is 1. The summed E-state index contributed by atoms with van der Waals surface area (Å²) in [4.78, 5) is 13.6. The smallest absolute Gasteiger partial charge is 0.246 e. The number of aromatic nitrogens is 2. The molecule has 0 aliphatic heterocycles. The maximum absolute atomic E-state index is 11.9. The quantitative estimate of drug-likeness (QED) is 0.796. The van der Waals surface area contributed by atoms with E-state index in [0.29, 0.717) is 18.1 Å². The highest BCUT2D eigenvalue weighted by molar-refractivity contribution is 7.08. The number of hydrogen-bond acceptors (Lipinski definition) is 3. The summed E-state index contributed by atoms with van der Waals surface area (Å²) in [6, 6.07) is 0. The van der Waals surface area contributed by atoms with Gasteiger partial charge >= 0.3 is 0 Å². The van der Waals surface area contributed by atoms with Crippen LogP contribution >= 0.6 is 22.9 Å². The lowest BCUT2D eigenvalue weighted by atomic mass is 10.2. The van der Waals surface area contributed by atoms with Gasteiger partial charge in [0.2, 0.25) is 5.91 Å². The second-order valence-electron chi connectivity index (χ2n) is 4.17. The number of amides is 1. The maximum Gasteiger partial charge on any atom is 0.246 e. The average molecular weight is 296 g/mol. The Bertz CT molecular complexity index is 590. The van der Waals surface area contributed by atoms with Gasteiger partial charge in [0.15, 0.2) is 0 Å². The summed E-state index contributed by atoms with van der Waals surface area (Å²) in [7, 11) is 1.85. The Hall–Kier alpha value is -1.59. The van der Waals surface area contributed by atoms with Crippen LogP contribution in [-0.4, -0.2) is 20.6 Å². The van der Waals surface area contributed by atoms with Gasteiger partial charge in [0.25, 0.3) is 0 Å². The van der Waals surface area contributed by atoms with Crippen LogP contribution in [-0.2, 0) is 24.9 Å². The summed E-state index contributed by atoms with van der Waals surface area (Å²) in [5.41, 5.74) is 1.93. The van der Waals surface area contributed by atoms with Crippen LogP contribution in [0.1, 0.15) is 11.1 Å². The van der Waals surface area contributed by atoms with Crippen molar-refractivity contribution < 1.29 is 4.79 Å². The Kier molecular flexibility index (Phi) is 4.39. The molecule has 2 aromatic heterocycles. The third-order valence-electron chi connectivity index (χ3n) is 2.67. The van der Waals surface area contributed by atoms with Crippen LogP contribution in [0, 0.1) is 0 Å². The number of hydrogen-bond donors (Lipinski definition) is 0. The summed E-state index contributed by atoms with van der Waals surface area (Å²) < 4.78 is 1.71. The van der Waals surface area contributed by atoms with E-state index in [2.05, 4.69) is 11.7 Å². The first-order valence-electron chi connectivity index (χ1n) is 5.69. The second-order valence-corrected chi connectivity index (χ2v) is 5.32. The first-order valence-corrected chi connectivity index (χ1v) is 7.01. The maximum atomic E-state index is 11.9. The van der Waals surface area contributed by atoms with Crippen molar-refractivity contribution in [2.24, 2.45) is 7.05 Å². The molecule has 0 bridgehead atoms. The Morgan fingerprint density at radius 1 is 1.58 bits per heavy atom. The number of carbonyl (C=O) groups excluding carboxylic acids is 1. The minimum absolute atomic E-state index is 0.119. The van der Waals surface area contributed by atoms with Gasteiger partial charge in [-0.3, -0.25) is 9.48 Å². The molecule has 100 valence electrons.